The minimum atomic E-state index is 0.609. The van der Waals surface area contributed by atoms with Crippen LogP contribution in [-0.2, 0) is 6.54 Å². The van der Waals surface area contributed by atoms with Crippen molar-refractivity contribution in [3.05, 3.63) is 35.7 Å². The Morgan fingerprint density at radius 1 is 1.41 bits per heavy atom. The normalized spacial score (nSPS) is 10.1. The molecule has 1 rings (SSSR count). The van der Waals surface area contributed by atoms with E-state index in [1.54, 1.807) is 6.20 Å². The van der Waals surface area contributed by atoms with Gasteiger partial charge in [0.1, 0.15) is 12.4 Å². The van der Waals surface area contributed by atoms with E-state index in [9.17, 15) is 0 Å². The van der Waals surface area contributed by atoms with Crippen LogP contribution in [0.2, 0.25) is 0 Å². The van der Waals surface area contributed by atoms with Crippen molar-refractivity contribution >= 4 is 0 Å². The molecule has 1 aromatic rings. The summed E-state index contributed by atoms with van der Waals surface area (Å²) in [5.41, 5.74) is 2.31. The van der Waals surface area contributed by atoms with Gasteiger partial charge in [-0.3, -0.25) is 4.98 Å². The summed E-state index contributed by atoms with van der Waals surface area (Å²) < 4.78 is 5.54. The lowest BCUT2D eigenvalue weighted by molar-refractivity contribution is 0.360. The van der Waals surface area contributed by atoms with Crippen LogP contribution < -0.4 is 10.1 Å². The van der Waals surface area contributed by atoms with Gasteiger partial charge in [-0.05, 0) is 45.0 Å². The van der Waals surface area contributed by atoms with Gasteiger partial charge in [0.15, 0.2) is 0 Å². The number of nitrogens with one attached hydrogen (secondary N) is 1. The number of rotatable bonds is 7. The molecule has 3 nitrogen and oxygen atoms in total. The first-order valence-corrected chi connectivity index (χ1v) is 6.14. The van der Waals surface area contributed by atoms with Gasteiger partial charge in [-0.2, -0.15) is 0 Å². The van der Waals surface area contributed by atoms with Crippen molar-refractivity contribution in [2.24, 2.45) is 0 Å². The predicted octanol–water partition coefficient (Wildman–Crippen LogP) is 2.93. The molecule has 17 heavy (non-hydrogen) atoms. The number of hydrogen-bond acceptors (Lipinski definition) is 3. The minimum absolute atomic E-state index is 0.609. The Hall–Kier alpha value is -1.35. The van der Waals surface area contributed by atoms with Crippen LogP contribution >= 0.6 is 0 Å². The van der Waals surface area contributed by atoms with E-state index < -0.39 is 0 Å². The highest BCUT2D eigenvalue weighted by Crippen LogP contribution is 2.09. The van der Waals surface area contributed by atoms with Crippen LogP contribution in [0, 0.1) is 0 Å². The van der Waals surface area contributed by atoms with Gasteiger partial charge in [-0.15, -0.1) is 0 Å². The fraction of sp³-hybridized carbons (Fsp3) is 0.500. The quantitative estimate of drug-likeness (QED) is 0.582. The molecule has 0 spiro atoms. The summed E-state index contributed by atoms with van der Waals surface area (Å²) in [7, 11) is 0. The monoisotopic (exact) mass is 234 g/mol. The van der Waals surface area contributed by atoms with Gasteiger partial charge < -0.3 is 10.1 Å². The molecule has 0 saturated heterocycles. The Morgan fingerprint density at radius 2 is 2.24 bits per heavy atom. The van der Waals surface area contributed by atoms with Crippen molar-refractivity contribution in [3.63, 3.8) is 0 Å². The van der Waals surface area contributed by atoms with Crippen LogP contribution in [0.3, 0.4) is 0 Å². The molecular weight excluding hydrogens is 212 g/mol. The number of aromatic nitrogens is 1. The standard InChI is InChI=1S/C14H22N2O/c1-4-8-15-10-13-5-6-14(11-16-13)17-9-7-12(2)3/h5-7,11,15H,4,8-10H2,1-3H3. The van der Waals surface area contributed by atoms with Gasteiger partial charge in [-0.25, -0.2) is 0 Å². The number of allylic oxidation sites excluding steroid dienone is 1. The van der Waals surface area contributed by atoms with Crippen molar-refractivity contribution in [2.45, 2.75) is 33.7 Å². The van der Waals surface area contributed by atoms with Gasteiger partial charge in [0.2, 0.25) is 0 Å². The SMILES string of the molecule is CCCNCc1ccc(OCC=C(C)C)cn1. The zero-order chi connectivity index (χ0) is 12.5. The molecular formula is C14H22N2O. The van der Waals surface area contributed by atoms with Crippen LogP contribution in [0.1, 0.15) is 32.9 Å². The molecule has 3 heteroatoms. The van der Waals surface area contributed by atoms with Crippen molar-refractivity contribution in [2.75, 3.05) is 13.2 Å². The van der Waals surface area contributed by atoms with Crippen LogP contribution in [0.4, 0.5) is 0 Å². The number of pyridine rings is 1. The van der Waals surface area contributed by atoms with Crippen molar-refractivity contribution < 1.29 is 4.74 Å². The summed E-state index contributed by atoms with van der Waals surface area (Å²) in [6.07, 6.45) is 4.97. The molecule has 0 radical (unpaired) electrons. The maximum Gasteiger partial charge on any atom is 0.138 e. The number of hydrogen-bond donors (Lipinski definition) is 1. The lowest BCUT2D eigenvalue weighted by Crippen LogP contribution is -2.14. The Labute approximate surface area is 104 Å². The summed E-state index contributed by atoms with van der Waals surface area (Å²) in [6, 6.07) is 3.97. The van der Waals surface area contributed by atoms with Gasteiger partial charge >= 0.3 is 0 Å². The Morgan fingerprint density at radius 3 is 2.82 bits per heavy atom. The van der Waals surface area contributed by atoms with Crippen LogP contribution in [0.5, 0.6) is 5.75 Å². The first kappa shape index (κ1) is 13.7. The fourth-order valence-corrected chi connectivity index (χ4v) is 1.30. The molecule has 0 aliphatic rings. The Balaban J connectivity index is 2.36. The molecule has 0 fully saturated rings. The van der Waals surface area contributed by atoms with Crippen LogP contribution in [-0.4, -0.2) is 18.1 Å². The third-order valence-electron chi connectivity index (χ3n) is 2.27. The summed E-state index contributed by atoms with van der Waals surface area (Å²) in [5, 5.41) is 3.32. The summed E-state index contributed by atoms with van der Waals surface area (Å²) in [6.45, 7) is 8.73. The maximum atomic E-state index is 5.54. The molecule has 0 atom stereocenters. The zero-order valence-electron chi connectivity index (χ0n) is 11.0. The molecule has 1 aromatic heterocycles. The molecule has 0 saturated carbocycles. The molecule has 0 aliphatic carbocycles. The highest BCUT2D eigenvalue weighted by molar-refractivity contribution is 5.20. The number of nitrogens with zero attached hydrogens (tertiary/aromatic N) is 1. The largest absolute Gasteiger partial charge is 0.488 e. The Kier molecular flexibility index (Phi) is 6.33. The topological polar surface area (TPSA) is 34.1 Å². The van der Waals surface area contributed by atoms with E-state index in [0.717, 1.165) is 31.0 Å². The molecule has 0 amide bonds. The van der Waals surface area contributed by atoms with E-state index in [0.29, 0.717) is 6.61 Å². The second kappa shape index (κ2) is 7.85. The summed E-state index contributed by atoms with van der Waals surface area (Å²) >= 11 is 0. The third-order valence-corrected chi connectivity index (χ3v) is 2.27. The molecule has 0 aromatic carbocycles. The van der Waals surface area contributed by atoms with Crippen molar-refractivity contribution in [1.82, 2.24) is 10.3 Å². The van der Waals surface area contributed by atoms with E-state index in [4.69, 9.17) is 4.74 Å². The average Bonchev–Trinajstić information content (AvgIpc) is 2.31. The van der Waals surface area contributed by atoms with E-state index in [2.05, 4.69) is 37.1 Å². The summed E-state index contributed by atoms with van der Waals surface area (Å²) in [4.78, 5) is 4.34. The van der Waals surface area contributed by atoms with E-state index in [1.807, 2.05) is 12.1 Å². The lowest BCUT2D eigenvalue weighted by atomic mass is 10.3. The first-order valence-electron chi connectivity index (χ1n) is 6.14. The van der Waals surface area contributed by atoms with Crippen molar-refractivity contribution in [3.8, 4) is 5.75 Å². The third kappa shape index (κ3) is 6.07. The van der Waals surface area contributed by atoms with Crippen LogP contribution in [0.15, 0.2) is 30.0 Å². The molecule has 1 heterocycles. The predicted molar refractivity (Wildman–Crippen MR) is 71.2 cm³/mol. The van der Waals surface area contributed by atoms with E-state index in [-0.39, 0.29) is 0 Å². The molecule has 0 unspecified atom stereocenters. The van der Waals surface area contributed by atoms with Gasteiger partial charge in [0, 0.05) is 6.54 Å². The average molecular weight is 234 g/mol. The molecule has 1 N–H and O–H groups in total. The van der Waals surface area contributed by atoms with E-state index >= 15 is 0 Å². The second-order valence-corrected chi connectivity index (χ2v) is 4.25. The maximum absolute atomic E-state index is 5.54. The molecule has 0 aliphatic heterocycles. The highest BCUT2D eigenvalue weighted by Gasteiger charge is 1.96. The smallest absolute Gasteiger partial charge is 0.138 e. The molecule has 94 valence electrons. The number of ether oxygens (including phenoxy) is 1. The Bertz CT molecular complexity index is 340. The summed E-state index contributed by atoms with van der Waals surface area (Å²) in [5.74, 6) is 0.821. The lowest BCUT2D eigenvalue weighted by Gasteiger charge is -2.05. The minimum Gasteiger partial charge on any atom is -0.488 e. The zero-order valence-corrected chi connectivity index (χ0v) is 11.0. The van der Waals surface area contributed by atoms with Crippen molar-refractivity contribution in [1.29, 1.82) is 0 Å². The van der Waals surface area contributed by atoms with Gasteiger partial charge in [0.05, 0.1) is 11.9 Å². The highest BCUT2D eigenvalue weighted by atomic mass is 16.5. The molecule has 0 bridgehead atoms. The first-order chi connectivity index (χ1) is 8.22. The van der Waals surface area contributed by atoms with Gasteiger partial charge in [-0.1, -0.05) is 12.5 Å². The van der Waals surface area contributed by atoms with Gasteiger partial charge in [0.25, 0.3) is 0 Å². The van der Waals surface area contributed by atoms with Crippen LogP contribution in [0.25, 0.3) is 0 Å². The van der Waals surface area contributed by atoms with E-state index in [1.165, 1.54) is 5.57 Å². The second-order valence-electron chi connectivity index (χ2n) is 4.25. The fourth-order valence-electron chi connectivity index (χ4n) is 1.30.